The van der Waals surface area contributed by atoms with Crippen molar-refractivity contribution >= 4 is 27.5 Å². The minimum atomic E-state index is -3.68. The van der Waals surface area contributed by atoms with Gasteiger partial charge in [-0.15, -0.1) is 10.2 Å². The Labute approximate surface area is 196 Å². The second kappa shape index (κ2) is 8.58. The first-order valence-corrected chi connectivity index (χ1v) is 12.6. The van der Waals surface area contributed by atoms with Gasteiger partial charge < -0.3 is 13.7 Å². The molecule has 2 aromatic heterocycles. The summed E-state index contributed by atoms with van der Waals surface area (Å²) in [6.45, 7) is 2.64. The van der Waals surface area contributed by atoms with E-state index in [0.29, 0.717) is 24.0 Å². The van der Waals surface area contributed by atoms with E-state index in [4.69, 9.17) is 20.4 Å². The van der Waals surface area contributed by atoms with Crippen LogP contribution in [0.5, 0.6) is 0 Å². The lowest BCUT2D eigenvalue weighted by atomic mass is 10.2. The number of hydrogen-bond donors (Lipinski definition) is 0. The number of benzene rings is 1. The van der Waals surface area contributed by atoms with Gasteiger partial charge in [0.25, 0.3) is 5.91 Å². The van der Waals surface area contributed by atoms with Crippen LogP contribution in [0.3, 0.4) is 0 Å². The van der Waals surface area contributed by atoms with Crippen LogP contribution in [-0.2, 0) is 16.6 Å². The molecular formula is C22H23ClN4O5S. The van der Waals surface area contributed by atoms with Crippen LogP contribution in [0, 0.1) is 6.92 Å². The third-order valence-corrected chi connectivity index (χ3v) is 8.14. The number of furan rings is 1. The monoisotopic (exact) mass is 490 g/mol. The molecule has 0 bridgehead atoms. The molecule has 1 aliphatic heterocycles. The smallest absolute Gasteiger partial charge is 0.290 e. The number of nitrogens with zero attached hydrogens (tertiary/aromatic N) is 4. The van der Waals surface area contributed by atoms with E-state index in [9.17, 15) is 13.2 Å². The van der Waals surface area contributed by atoms with Gasteiger partial charge in [0.1, 0.15) is 10.7 Å². The molecule has 1 saturated carbocycles. The van der Waals surface area contributed by atoms with Crippen LogP contribution >= 0.6 is 11.6 Å². The molecule has 0 atom stereocenters. The van der Waals surface area contributed by atoms with Gasteiger partial charge in [-0.05, 0) is 56.9 Å². The molecule has 0 spiro atoms. The van der Waals surface area contributed by atoms with E-state index in [-0.39, 0.29) is 34.9 Å². The molecule has 1 saturated heterocycles. The molecule has 3 aromatic rings. The molecule has 33 heavy (non-hydrogen) atoms. The lowest BCUT2D eigenvalue weighted by molar-refractivity contribution is 0.0680. The van der Waals surface area contributed by atoms with Crippen molar-refractivity contribution in [2.45, 2.75) is 50.1 Å². The van der Waals surface area contributed by atoms with Crippen LogP contribution in [-0.4, -0.2) is 52.9 Å². The number of hydrogen-bond acceptors (Lipinski definition) is 7. The lowest BCUT2D eigenvalue weighted by Crippen LogP contribution is -2.32. The summed E-state index contributed by atoms with van der Waals surface area (Å²) in [6.07, 6.45) is 3.37. The number of aryl methyl sites for hydroxylation is 1. The molecule has 174 valence electrons. The van der Waals surface area contributed by atoms with Crippen LogP contribution in [0.2, 0.25) is 5.02 Å². The fraction of sp³-hybridized carbons (Fsp3) is 0.409. The van der Waals surface area contributed by atoms with Crippen molar-refractivity contribution in [3.63, 3.8) is 0 Å². The SMILES string of the molecule is Cc1oc(C(=O)N(Cc2nnc(-c3ccc(Cl)cc3)o2)C2CC2)cc1S(=O)(=O)N1CCCC1. The van der Waals surface area contributed by atoms with Crippen LogP contribution in [0.25, 0.3) is 11.5 Å². The second-order valence-electron chi connectivity index (χ2n) is 8.31. The maximum atomic E-state index is 13.3. The number of sulfonamides is 1. The van der Waals surface area contributed by atoms with E-state index in [1.54, 1.807) is 36.1 Å². The van der Waals surface area contributed by atoms with Crippen molar-refractivity contribution in [3.05, 3.63) is 52.8 Å². The molecule has 0 N–H and O–H groups in total. The van der Waals surface area contributed by atoms with Gasteiger partial charge in [-0.1, -0.05) is 11.6 Å². The minimum Gasteiger partial charge on any atom is -0.455 e. The van der Waals surface area contributed by atoms with Gasteiger partial charge in [0.15, 0.2) is 5.76 Å². The third-order valence-electron chi connectivity index (χ3n) is 5.88. The first-order valence-electron chi connectivity index (χ1n) is 10.8. The van der Waals surface area contributed by atoms with Crippen LogP contribution in [0.1, 0.15) is 47.9 Å². The predicted molar refractivity (Wildman–Crippen MR) is 119 cm³/mol. The zero-order chi connectivity index (χ0) is 23.2. The lowest BCUT2D eigenvalue weighted by Gasteiger charge is -2.19. The molecular weight excluding hydrogens is 468 g/mol. The highest BCUT2D eigenvalue weighted by Gasteiger charge is 2.37. The van der Waals surface area contributed by atoms with Crippen molar-refractivity contribution in [2.75, 3.05) is 13.1 Å². The first-order chi connectivity index (χ1) is 15.8. The van der Waals surface area contributed by atoms with Gasteiger partial charge in [-0.3, -0.25) is 4.79 Å². The molecule has 1 aliphatic carbocycles. The molecule has 0 unspecified atom stereocenters. The topological polar surface area (TPSA) is 110 Å². The molecule has 3 heterocycles. The van der Waals surface area contributed by atoms with E-state index >= 15 is 0 Å². The summed E-state index contributed by atoms with van der Waals surface area (Å²) in [6, 6.07) is 8.37. The van der Waals surface area contributed by atoms with Crippen LogP contribution < -0.4 is 0 Å². The molecule has 2 aliphatic rings. The highest BCUT2D eigenvalue weighted by atomic mass is 35.5. The van der Waals surface area contributed by atoms with Gasteiger partial charge in [0.2, 0.25) is 21.8 Å². The number of carbonyl (C=O) groups excluding carboxylic acids is 1. The maximum absolute atomic E-state index is 13.3. The molecule has 9 nitrogen and oxygen atoms in total. The Morgan fingerprint density at radius 1 is 1.15 bits per heavy atom. The zero-order valence-electron chi connectivity index (χ0n) is 18.0. The van der Waals surface area contributed by atoms with Gasteiger partial charge in [-0.2, -0.15) is 4.31 Å². The Kier molecular flexibility index (Phi) is 5.75. The summed E-state index contributed by atoms with van der Waals surface area (Å²) in [5.74, 6) is 0.430. The van der Waals surface area contributed by atoms with E-state index in [2.05, 4.69) is 10.2 Å². The molecule has 1 aromatic carbocycles. The summed E-state index contributed by atoms with van der Waals surface area (Å²) < 4.78 is 38.7. The van der Waals surface area contributed by atoms with Crippen LogP contribution in [0.4, 0.5) is 0 Å². The van der Waals surface area contributed by atoms with Crippen molar-refractivity contribution < 1.29 is 22.0 Å². The highest BCUT2D eigenvalue weighted by Crippen LogP contribution is 2.32. The Morgan fingerprint density at radius 3 is 2.52 bits per heavy atom. The summed E-state index contributed by atoms with van der Waals surface area (Å²) in [5, 5.41) is 8.75. The summed E-state index contributed by atoms with van der Waals surface area (Å²) >= 11 is 5.93. The van der Waals surface area contributed by atoms with Gasteiger partial charge in [0, 0.05) is 35.8 Å². The molecule has 2 fully saturated rings. The summed E-state index contributed by atoms with van der Waals surface area (Å²) in [4.78, 5) is 14.9. The normalized spacial score (nSPS) is 16.9. The van der Waals surface area contributed by atoms with Gasteiger partial charge >= 0.3 is 0 Å². The zero-order valence-corrected chi connectivity index (χ0v) is 19.6. The van der Waals surface area contributed by atoms with Crippen molar-refractivity contribution in [3.8, 4) is 11.5 Å². The number of aromatic nitrogens is 2. The van der Waals surface area contributed by atoms with Crippen molar-refractivity contribution in [2.24, 2.45) is 0 Å². The molecule has 5 rings (SSSR count). The number of halogens is 1. The predicted octanol–water partition coefficient (Wildman–Crippen LogP) is 3.88. The fourth-order valence-electron chi connectivity index (χ4n) is 3.96. The fourth-order valence-corrected chi connectivity index (χ4v) is 5.77. The third kappa shape index (κ3) is 4.42. The minimum absolute atomic E-state index is 0.00499. The summed E-state index contributed by atoms with van der Waals surface area (Å²) in [7, 11) is -3.68. The number of carbonyl (C=O) groups is 1. The quantitative estimate of drug-likeness (QED) is 0.494. The largest absolute Gasteiger partial charge is 0.455 e. The molecule has 11 heteroatoms. The average Bonchev–Trinajstić information content (AvgIpc) is 3.20. The van der Waals surface area contributed by atoms with Gasteiger partial charge in [0.05, 0.1) is 6.54 Å². The molecule has 1 amide bonds. The van der Waals surface area contributed by atoms with E-state index < -0.39 is 15.9 Å². The van der Waals surface area contributed by atoms with E-state index in [1.807, 2.05) is 0 Å². The second-order valence-corrected chi connectivity index (χ2v) is 10.7. The summed E-state index contributed by atoms with van der Waals surface area (Å²) in [5.41, 5.74) is 0.723. The van der Waals surface area contributed by atoms with Crippen molar-refractivity contribution in [1.29, 1.82) is 0 Å². The van der Waals surface area contributed by atoms with E-state index in [1.165, 1.54) is 10.4 Å². The first kappa shape index (κ1) is 22.1. The van der Waals surface area contributed by atoms with Gasteiger partial charge in [-0.25, -0.2) is 8.42 Å². The Hall–Kier alpha value is -2.69. The number of rotatable bonds is 7. The number of amides is 1. The van der Waals surface area contributed by atoms with Crippen molar-refractivity contribution in [1.82, 2.24) is 19.4 Å². The Balaban J connectivity index is 1.37. The highest BCUT2D eigenvalue weighted by molar-refractivity contribution is 7.89. The Morgan fingerprint density at radius 2 is 1.85 bits per heavy atom. The average molecular weight is 491 g/mol. The van der Waals surface area contributed by atoms with E-state index in [0.717, 1.165) is 31.2 Å². The standard InChI is InChI=1S/C22H23ClN4O5S/c1-14-19(33(29,30)26-10-2-3-11-26)12-18(31-14)22(28)27(17-8-9-17)13-20-24-25-21(32-20)15-4-6-16(23)7-5-15/h4-7,12,17H,2-3,8-11,13H2,1H3. The molecule has 0 radical (unpaired) electrons. The maximum Gasteiger partial charge on any atom is 0.290 e. The van der Waals surface area contributed by atoms with Crippen LogP contribution in [0.15, 0.2) is 44.1 Å². The Bertz CT molecular complexity index is 1270.